The highest BCUT2D eigenvalue weighted by molar-refractivity contribution is 5.94. The first-order valence-corrected chi connectivity index (χ1v) is 8.25. The first-order valence-electron chi connectivity index (χ1n) is 8.25. The number of carbonyl (C=O) groups excluding carboxylic acids is 1. The van der Waals surface area contributed by atoms with Gasteiger partial charge in [-0.1, -0.05) is 18.2 Å². The number of nitrogens with zero attached hydrogens (tertiary/aromatic N) is 1. The van der Waals surface area contributed by atoms with Gasteiger partial charge in [-0.15, -0.1) is 0 Å². The Hall–Kier alpha value is -2.69. The number of ether oxygens (including phenoxy) is 2. The molecule has 2 aromatic rings. The van der Waals surface area contributed by atoms with Crippen molar-refractivity contribution >= 4 is 17.3 Å². The number of carbonyl (C=O) groups is 1. The van der Waals surface area contributed by atoms with Crippen LogP contribution in [0.5, 0.6) is 11.5 Å². The number of fused-ring (bicyclic) bond motifs is 2. The van der Waals surface area contributed by atoms with E-state index in [1.54, 1.807) is 6.07 Å². The summed E-state index contributed by atoms with van der Waals surface area (Å²) in [6.45, 7) is 2.74. The van der Waals surface area contributed by atoms with Crippen molar-refractivity contribution in [3.05, 3.63) is 48.0 Å². The second kappa shape index (κ2) is 6.07. The minimum Gasteiger partial charge on any atom is -0.454 e. The van der Waals surface area contributed by atoms with Crippen molar-refractivity contribution in [1.29, 1.82) is 0 Å². The fourth-order valence-electron chi connectivity index (χ4n) is 3.33. The molecule has 1 amide bonds. The molecule has 0 aliphatic carbocycles. The van der Waals surface area contributed by atoms with Crippen LogP contribution >= 0.6 is 0 Å². The third-order valence-corrected chi connectivity index (χ3v) is 4.63. The van der Waals surface area contributed by atoms with E-state index in [0.29, 0.717) is 24.1 Å². The lowest BCUT2D eigenvalue weighted by Crippen LogP contribution is -2.42. The molecule has 2 aliphatic heterocycles. The molecule has 0 saturated carbocycles. The SMILES string of the molecule is C[C@@H]1CCc2ccccc2N1CC(=O)Nc1ccc2c(c1)OCO2. The molecule has 2 heterocycles. The Morgan fingerprint density at radius 1 is 1.21 bits per heavy atom. The van der Waals surface area contributed by atoms with Crippen LogP contribution in [0.1, 0.15) is 18.9 Å². The van der Waals surface area contributed by atoms with Crippen LogP contribution in [-0.2, 0) is 11.2 Å². The van der Waals surface area contributed by atoms with Gasteiger partial charge in [0.15, 0.2) is 11.5 Å². The lowest BCUT2D eigenvalue weighted by Gasteiger charge is -2.36. The predicted molar refractivity (Wildman–Crippen MR) is 92.8 cm³/mol. The monoisotopic (exact) mass is 324 g/mol. The molecule has 0 radical (unpaired) electrons. The fourth-order valence-corrected chi connectivity index (χ4v) is 3.33. The van der Waals surface area contributed by atoms with Gasteiger partial charge in [0.2, 0.25) is 12.7 Å². The number of hydrogen-bond acceptors (Lipinski definition) is 4. The zero-order chi connectivity index (χ0) is 16.5. The molecule has 0 unspecified atom stereocenters. The van der Waals surface area contributed by atoms with Crippen molar-refractivity contribution in [3.63, 3.8) is 0 Å². The van der Waals surface area contributed by atoms with Gasteiger partial charge < -0.3 is 19.7 Å². The molecule has 1 N–H and O–H groups in total. The van der Waals surface area contributed by atoms with E-state index in [-0.39, 0.29) is 12.7 Å². The van der Waals surface area contributed by atoms with Gasteiger partial charge in [0.1, 0.15) is 0 Å². The third-order valence-electron chi connectivity index (χ3n) is 4.63. The first-order chi connectivity index (χ1) is 11.7. The number of rotatable bonds is 3. The highest BCUT2D eigenvalue weighted by atomic mass is 16.7. The van der Waals surface area contributed by atoms with Crippen LogP contribution in [-0.4, -0.2) is 25.3 Å². The van der Waals surface area contributed by atoms with Gasteiger partial charge in [-0.3, -0.25) is 4.79 Å². The van der Waals surface area contributed by atoms with Crippen LogP contribution in [0.4, 0.5) is 11.4 Å². The Morgan fingerprint density at radius 2 is 2.04 bits per heavy atom. The zero-order valence-corrected chi connectivity index (χ0v) is 13.6. The summed E-state index contributed by atoms with van der Waals surface area (Å²) < 4.78 is 10.6. The fraction of sp³-hybridized carbons (Fsp3) is 0.316. The normalized spacial score (nSPS) is 18.2. The predicted octanol–water partition coefficient (Wildman–Crippen LogP) is 3.20. The molecular weight excluding hydrogens is 304 g/mol. The Morgan fingerprint density at radius 3 is 2.96 bits per heavy atom. The lowest BCUT2D eigenvalue weighted by molar-refractivity contribution is -0.115. The van der Waals surface area contributed by atoms with Crippen LogP contribution in [0.25, 0.3) is 0 Å². The van der Waals surface area contributed by atoms with Crippen LogP contribution in [0.2, 0.25) is 0 Å². The average molecular weight is 324 g/mol. The smallest absolute Gasteiger partial charge is 0.243 e. The van der Waals surface area contributed by atoms with Gasteiger partial charge in [-0.05, 0) is 43.5 Å². The third kappa shape index (κ3) is 2.77. The quantitative estimate of drug-likeness (QED) is 0.942. The van der Waals surface area contributed by atoms with E-state index >= 15 is 0 Å². The van der Waals surface area contributed by atoms with Crippen molar-refractivity contribution in [2.75, 3.05) is 23.6 Å². The Bertz CT molecular complexity index is 775. The standard InChI is InChI=1S/C19H20N2O3/c1-13-6-7-14-4-2-3-5-16(14)21(13)11-19(22)20-15-8-9-17-18(10-15)24-12-23-17/h2-5,8-10,13H,6-7,11-12H2,1H3,(H,20,22)/t13-/m1/s1. The van der Waals surface area contributed by atoms with Crippen molar-refractivity contribution in [2.45, 2.75) is 25.8 Å². The Kier molecular flexibility index (Phi) is 3.76. The lowest BCUT2D eigenvalue weighted by atomic mass is 9.96. The molecule has 0 fully saturated rings. The van der Waals surface area contributed by atoms with Gasteiger partial charge >= 0.3 is 0 Å². The molecule has 4 rings (SSSR count). The van der Waals surface area contributed by atoms with E-state index in [2.05, 4.69) is 35.3 Å². The maximum atomic E-state index is 12.5. The number of hydrogen-bond donors (Lipinski definition) is 1. The molecule has 0 aromatic heterocycles. The number of aryl methyl sites for hydroxylation is 1. The summed E-state index contributed by atoms with van der Waals surface area (Å²) in [5.41, 5.74) is 3.20. The molecule has 2 aromatic carbocycles. The molecule has 5 heteroatoms. The van der Waals surface area contributed by atoms with Gasteiger partial charge in [-0.25, -0.2) is 0 Å². The Balaban J connectivity index is 1.48. The van der Waals surface area contributed by atoms with Crippen molar-refractivity contribution in [2.24, 2.45) is 0 Å². The second-order valence-corrected chi connectivity index (χ2v) is 6.26. The van der Waals surface area contributed by atoms with E-state index in [1.165, 1.54) is 5.56 Å². The molecule has 0 bridgehead atoms. The minimum absolute atomic E-state index is 0.0302. The largest absolute Gasteiger partial charge is 0.454 e. The summed E-state index contributed by atoms with van der Waals surface area (Å²) in [4.78, 5) is 14.7. The average Bonchev–Trinajstić information content (AvgIpc) is 3.05. The minimum atomic E-state index is -0.0302. The van der Waals surface area contributed by atoms with Gasteiger partial charge in [-0.2, -0.15) is 0 Å². The molecular formula is C19H20N2O3. The summed E-state index contributed by atoms with van der Waals surface area (Å²) >= 11 is 0. The second-order valence-electron chi connectivity index (χ2n) is 6.26. The van der Waals surface area contributed by atoms with E-state index in [1.807, 2.05) is 18.2 Å². The van der Waals surface area contributed by atoms with Crippen LogP contribution in [0.3, 0.4) is 0 Å². The van der Waals surface area contributed by atoms with Crippen LogP contribution in [0, 0.1) is 0 Å². The van der Waals surface area contributed by atoms with Crippen molar-refractivity contribution < 1.29 is 14.3 Å². The molecule has 2 aliphatic rings. The number of anilines is 2. The molecule has 124 valence electrons. The summed E-state index contributed by atoms with van der Waals surface area (Å²) in [5.74, 6) is 1.36. The maximum Gasteiger partial charge on any atom is 0.243 e. The topological polar surface area (TPSA) is 50.8 Å². The number of amides is 1. The summed E-state index contributed by atoms with van der Waals surface area (Å²) in [6, 6.07) is 14.1. The summed E-state index contributed by atoms with van der Waals surface area (Å²) in [7, 11) is 0. The molecule has 24 heavy (non-hydrogen) atoms. The molecule has 0 spiro atoms. The summed E-state index contributed by atoms with van der Waals surface area (Å²) in [5, 5.41) is 2.95. The van der Waals surface area contributed by atoms with Gasteiger partial charge in [0.25, 0.3) is 0 Å². The zero-order valence-electron chi connectivity index (χ0n) is 13.6. The van der Waals surface area contributed by atoms with E-state index in [0.717, 1.165) is 24.2 Å². The number of benzene rings is 2. The maximum absolute atomic E-state index is 12.5. The van der Waals surface area contributed by atoms with E-state index in [4.69, 9.17) is 9.47 Å². The van der Waals surface area contributed by atoms with Crippen molar-refractivity contribution in [3.8, 4) is 11.5 Å². The first kappa shape index (κ1) is 14.9. The number of nitrogens with one attached hydrogen (secondary N) is 1. The highest BCUT2D eigenvalue weighted by Gasteiger charge is 2.24. The molecule has 1 atom stereocenters. The number of para-hydroxylation sites is 1. The van der Waals surface area contributed by atoms with Crippen molar-refractivity contribution in [1.82, 2.24) is 0 Å². The van der Waals surface area contributed by atoms with E-state index in [9.17, 15) is 4.79 Å². The Labute approximate surface area is 141 Å². The van der Waals surface area contributed by atoms with E-state index < -0.39 is 0 Å². The van der Waals surface area contributed by atoms with Crippen LogP contribution in [0.15, 0.2) is 42.5 Å². The molecule has 0 saturated heterocycles. The van der Waals surface area contributed by atoms with Gasteiger partial charge in [0, 0.05) is 23.5 Å². The van der Waals surface area contributed by atoms with Crippen LogP contribution < -0.4 is 19.7 Å². The summed E-state index contributed by atoms with van der Waals surface area (Å²) in [6.07, 6.45) is 2.13. The molecule has 5 nitrogen and oxygen atoms in total. The highest BCUT2D eigenvalue weighted by Crippen LogP contribution is 2.34. The van der Waals surface area contributed by atoms with Gasteiger partial charge in [0.05, 0.1) is 6.54 Å².